The predicted molar refractivity (Wildman–Crippen MR) is 71.7 cm³/mol. The second-order valence-corrected chi connectivity index (χ2v) is 2.55. The number of nitrogens with zero attached hydrogens (tertiary/aromatic N) is 1. The summed E-state index contributed by atoms with van der Waals surface area (Å²) in [5.74, 6) is -0.481. The van der Waals surface area contributed by atoms with Gasteiger partial charge < -0.3 is 5.73 Å². The molecule has 0 fully saturated rings. The number of nitrogens with two attached hydrogens (primary N) is 1. The van der Waals surface area contributed by atoms with Crippen LogP contribution in [0.25, 0.3) is 6.08 Å². The molecule has 1 aromatic rings. The van der Waals surface area contributed by atoms with Crippen LogP contribution in [0.15, 0.2) is 62.2 Å². The van der Waals surface area contributed by atoms with Gasteiger partial charge in [-0.2, -0.15) is 5.26 Å². The quantitative estimate of drug-likeness (QED) is 0.624. The normalized spacial score (nSPS) is 6.76. The standard InChI is InChI=1S/C8H8.C3H5NO.C3H3N/c1-2-8-6-4-3-5-7-8;1-2-3(4)5;1-2-3-4/h2-7H,1H2;2H,1H2,(H2,4,5);2H,1H2. The highest BCUT2D eigenvalue weighted by Gasteiger charge is 1.75. The van der Waals surface area contributed by atoms with Crippen LogP contribution in [0, 0.1) is 11.3 Å². The minimum absolute atomic E-state index is 0.481. The number of nitriles is 1. The first-order chi connectivity index (χ1) is 8.12. The Bertz CT molecular complexity index is 388. The number of hydrogen-bond donors (Lipinski definition) is 1. The largest absolute Gasteiger partial charge is 0.366 e. The van der Waals surface area contributed by atoms with Crippen molar-refractivity contribution in [2.75, 3.05) is 0 Å². The summed E-state index contributed by atoms with van der Waals surface area (Å²) in [4.78, 5) is 9.47. The molecule has 0 saturated heterocycles. The van der Waals surface area contributed by atoms with Crippen molar-refractivity contribution in [2.45, 2.75) is 0 Å². The molecule has 0 aromatic heterocycles. The third-order valence-corrected chi connectivity index (χ3v) is 1.33. The molecule has 0 bridgehead atoms. The summed E-state index contributed by atoms with van der Waals surface area (Å²) in [5, 5.41) is 7.51. The topological polar surface area (TPSA) is 66.9 Å². The number of hydrogen-bond acceptors (Lipinski definition) is 2. The average Bonchev–Trinajstić information content (AvgIpc) is 2.40. The van der Waals surface area contributed by atoms with Gasteiger partial charge >= 0.3 is 0 Å². The maximum absolute atomic E-state index is 9.47. The number of carbonyl (C=O) groups is 1. The number of carbonyl (C=O) groups excluding carboxylic acids is 1. The van der Waals surface area contributed by atoms with Gasteiger partial charge in [0.05, 0.1) is 6.07 Å². The molecule has 1 amide bonds. The summed E-state index contributed by atoms with van der Waals surface area (Å²) in [6.07, 6.45) is 4.07. The van der Waals surface area contributed by atoms with Gasteiger partial charge in [-0.25, -0.2) is 0 Å². The Labute approximate surface area is 102 Å². The maximum Gasteiger partial charge on any atom is 0.240 e. The van der Waals surface area contributed by atoms with Crippen LogP contribution in [0.2, 0.25) is 0 Å². The number of amides is 1. The van der Waals surface area contributed by atoms with E-state index in [1.54, 1.807) is 6.07 Å². The highest BCUT2D eigenvalue weighted by molar-refractivity contribution is 5.84. The molecule has 2 N–H and O–H groups in total. The summed E-state index contributed by atoms with van der Waals surface area (Å²) in [6, 6.07) is 11.7. The molecule has 0 saturated carbocycles. The highest BCUT2D eigenvalue weighted by atomic mass is 16.1. The van der Waals surface area contributed by atoms with Crippen molar-refractivity contribution < 1.29 is 4.79 Å². The summed E-state index contributed by atoms with van der Waals surface area (Å²) in [6.45, 7) is 9.83. The van der Waals surface area contributed by atoms with Gasteiger partial charge in [-0.05, 0) is 11.6 Å². The Hall–Kier alpha value is -2.60. The van der Waals surface area contributed by atoms with E-state index in [4.69, 9.17) is 5.26 Å². The SMILES string of the molecule is C=CC#N.C=CC(N)=O.C=Cc1ccccc1. The zero-order valence-electron chi connectivity index (χ0n) is 9.67. The van der Waals surface area contributed by atoms with E-state index in [1.165, 1.54) is 11.6 Å². The Morgan fingerprint density at radius 2 is 1.65 bits per heavy atom. The molecule has 1 rings (SSSR count). The summed E-state index contributed by atoms with van der Waals surface area (Å²) < 4.78 is 0. The first-order valence-corrected chi connectivity index (χ1v) is 4.72. The minimum atomic E-state index is -0.481. The number of allylic oxidation sites excluding steroid dienone is 1. The fourth-order valence-electron chi connectivity index (χ4n) is 0.589. The van der Waals surface area contributed by atoms with Crippen LogP contribution in [0.3, 0.4) is 0 Å². The zero-order chi connectivity index (χ0) is 13.5. The summed E-state index contributed by atoms with van der Waals surface area (Å²) >= 11 is 0. The fraction of sp³-hybridized carbons (Fsp3) is 0. The first kappa shape index (κ1) is 16.8. The molecule has 3 heteroatoms. The van der Waals surface area contributed by atoms with Crippen LogP contribution >= 0.6 is 0 Å². The summed E-state index contributed by atoms with van der Waals surface area (Å²) in [7, 11) is 0. The van der Waals surface area contributed by atoms with Crippen molar-refractivity contribution in [3.8, 4) is 6.07 Å². The van der Waals surface area contributed by atoms with Crippen LogP contribution < -0.4 is 5.73 Å². The molecular weight excluding hydrogens is 212 g/mol. The van der Waals surface area contributed by atoms with Crippen LogP contribution in [-0.4, -0.2) is 5.91 Å². The summed E-state index contributed by atoms with van der Waals surface area (Å²) in [5.41, 5.74) is 5.71. The van der Waals surface area contributed by atoms with Crippen LogP contribution in [-0.2, 0) is 4.79 Å². The van der Waals surface area contributed by atoms with E-state index in [1.807, 2.05) is 36.4 Å². The Balaban J connectivity index is 0. The minimum Gasteiger partial charge on any atom is -0.366 e. The van der Waals surface area contributed by atoms with Crippen molar-refractivity contribution in [2.24, 2.45) is 5.73 Å². The predicted octanol–water partition coefficient (Wildman–Crippen LogP) is 2.68. The number of benzene rings is 1. The van der Waals surface area contributed by atoms with Crippen molar-refractivity contribution >= 4 is 12.0 Å². The molecule has 0 aliphatic heterocycles. The Morgan fingerprint density at radius 1 is 1.24 bits per heavy atom. The lowest BCUT2D eigenvalue weighted by atomic mass is 10.2. The third kappa shape index (κ3) is 16.1. The van der Waals surface area contributed by atoms with E-state index in [-0.39, 0.29) is 0 Å². The molecule has 1 aromatic carbocycles. The zero-order valence-corrected chi connectivity index (χ0v) is 9.67. The van der Waals surface area contributed by atoms with E-state index in [2.05, 4.69) is 25.5 Å². The highest BCUT2D eigenvalue weighted by Crippen LogP contribution is 1.97. The van der Waals surface area contributed by atoms with E-state index in [0.717, 1.165) is 6.08 Å². The second kappa shape index (κ2) is 13.4. The van der Waals surface area contributed by atoms with Gasteiger partial charge in [0, 0.05) is 6.08 Å². The van der Waals surface area contributed by atoms with Crippen LogP contribution in [0.1, 0.15) is 5.56 Å². The smallest absolute Gasteiger partial charge is 0.240 e. The van der Waals surface area contributed by atoms with Gasteiger partial charge in [-0.1, -0.05) is 56.1 Å². The molecule has 0 aliphatic rings. The van der Waals surface area contributed by atoms with E-state index in [9.17, 15) is 4.79 Å². The van der Waals surface area contributed by atoms with Crippen molar-refractivity contribution in [1.82, 2.24) is 0 Å². The molecule has 17 heavy (non-hydrogen) atoms. The van der Waals surface area contributed by atoms with Crippen molar-refractivity contribution in [3.63, 3.8) is 0 Å². The lowest BCUT2D eigenvalue weighted by Crippen LogP contribution is -2.04. The maximum atomic E-state index is 9.47. The third-order valence-electron chi connectivity index (χ3n) is 1.33. The first-order valence-electron chi connectivity index (χ1n) is 4.72. The molecule has 0 heterocycles. The van der Waals surface area contributed by atoms with Gasteiger partial charge in [0.2, 0.25) is 5.91 Å². The molecule has 0 atom stereocenters. The molecule has 0 radical (unpaired) electrons. The number of primary amides is 1. The van der Waals surface area contributed by atoms with Gasteiger partial charge in [-0.3, -0.25) is 4.79 Å². The second-order valence-electron chi connectivity index (χ2n) is 2.55. The monoisotopic (exact) mass is 228 g/mol. The average molecular weight is 228 g/mol. The Morgan fingerprint density at radius 3 is 1.82 bits per heavy atom. The lowest BCUT2D eigenvalue weighted by molar-refractivity contribution is -0.113. The van der Waals surface area contributed by atoms with Crippen LogP contribution in [0.4, 0.5) is 0 Å². The van der Waals surface area contributed by atoms with Crippen LogP contribution in [0.5, 0.6) is 0 Å². The van der Waals surface area contributed by atoms with E-state index >= 15 is 0 Å². The van der Waals surface area contributed by atoms with Crippen molar-refractivity contribution in [1.29, 1.82) is 5.26 Å². The molecular formula is C14H16N2O. The molecule has 0 spiro atoms. The number of rotatable bonds is 2. The molecule has 88 valence electrons. The molecule has 3 nitrogen and oxygen atoms in total. The van der Waals surface area contributed by atoms with Gasteiger partial charge in [0.25, 0.3) is 0 Å². The van der Waals surface area contributed by atoms with Gasteiger partial charge in [-0.15, -0.1) is 0 Å². The Kier molecular flexibility index (Phi) is 13.3. The van der Waals surface area contributed by atoms with E-state index in [0.29, 0.717) is 0 Å². The van der Waals surface area contributed by atoms with Crippen molar-refractivity contribution in [3.05, 3.63) is 67.8 Å². The van der Waals surface area contributed by atoms with E-state index < -0.39 is 5.91 Å². The van der Waals surface area contributed by atoms with Gasteiger partial charge in [0.1, 0.15) is 0 Å². The molecule has 0 aliphatic carbocycles. The lowest BCUT2D eigenvalue weighted by Gasteiger charge is -1.85. The fourth-order valence-corrected chi connectivity index (χ4v) is 0.589. The molecule has 0 unspecified atom stereocenters. The van der Waals surface area contributed by atoms with Gasteiger partial charge in [0.15, 0.2) is 0 Å².